The molecule has 0 saturated carbocycles. The molecular formula is C16H22FNO3. The molecular weight excluding hydrogens is 273 g/mol. The molecule has 116 valence electrons. The minimum absolute atomic E-state index is 0.305. The number of carbonyl (C=O) groups is 1. The zero-order valence-electron chi connectivity index (χ0n) is 12.8. The van der Waals surface area contributed by atoms with Gasteiger partial charge in [-0.3, -0.25) is 0 Å². The lowest BCUT2D eigenvalue weighted by molar-refractivity contribution is 0.0258. The molecule has 1 aliphatic rings. The fourth-order valence-corrected chi connectivity index (χ4v) is 2.46. The van der Waals surface area contributed by atoms with Crippen LogP contribution < -0.4 is 0 Å². The highest BCUT2D eigenvalue weighted by Crippen LogP contribution is 2.23. The molecule has 0 fully saturated rings. The van der Waals surface area contributed by atoms with E-state index in [-0.39, 0.29) is 18.5 Å². The Labute approximate surface area is 124 Å². The second-order valence-corrected chi connectivity index (χ2v) is 6.30. The van der Waals surface area contributed by atoms with Crippen LogP contribution in [0.1, 0.15) is 37.5 Å². The van der Waals surface area contributed by atoms with Crippen LogP contribution >= 0.6 is 0 Å². The van der Waals surface area contributed by atoms with E-state index in [2.05, 4.69) is 0 Å². The molecule has 0 atom stereocenters. The van der Waals surface area contributed by atoms with Gasteiger partial charge in [-0.1, -0.05) is 12.1 Å². The summed E-state index contributed by atoms with van der Waals surface area (Å²) in [6.07, 6.45) is 0.670. The van der Waals surface area contributed by atoms with Gasteiger partial charge >= 0.3 is 6.09 Å². The highest BCUT2D eigenvalue weighted by Gasteiger charge is 2.25. The third kappa shape index (κ3) is 3.73. The molecule has 1 N–H and O–H groups in total. The summed E-state index contributed by atoms with van der Waals surface area (Å²) in [5.74, 6) is -0.346. The Morgan fingerprint density at radius 2 is 2.00 bits per heavy atom. The Kier molecular flexibility index (Phi) is 4.52. The maximum atomic E-state index is 14.2. The molecule has 0 unspecified atom stereocenters. The molecule has 0 aromatic heterocycles. The number of hydrogen-bond acceptors (Lipinski definition) is 3. The van der Waals surface area contributed by atoms with Gasteiger partial charge in [0.1, 0.15) is 11.4 Å². The molecule has 0 radical (unpaired) electrons. The summed E-state index contributed by atoms with van der Waals surface area (Å²) in [6, 6.07) is 3.44. The van der Waals surface area contributed by atoms with Gasteiger partial charge in [-0.15, -0.1) is 0 Å². The normalized spacial score (nSPS) is 15.4. The largest absolute Gasteiger partial charge is 0.444 e. The highest BCUT2D eigenvalue weighted by molar-refractivity contribution is 5.68. The smallest absolute Gasteiger partial charge is 0.410 e. The summed E-state index contributed by atoms with van der Waals surface area (Å²) in [5.41, 5.74) is 1.27. The van der Waals surface area contributed by atoms with E-state index < -0.39 is 5.60 Å². The van der Waals surface area contributed by atoms with Gasteiger partial charge in [0, 0.05) is 18.7 Å². The van der Waals surface area contributed by atoms with Crippen molar-refractivity contribution in [1.82, 2.24) is 4.90 Å². The van der Waals surface area contributed by atoms with Crippen LogP contribution in [0.5, 0.6) is 0 Å². The molecule has 1 aromatic carbocycles. The molecule has 0 aliphatic carbocycles. The van der Waals surface area contributed by atoms with Crippen LogP contribution in [0.15, 0.2) is 12.1 Å². The van der Waals surface area contributed by atoms with Crippen molar-refractivity contribution in [3.05, 3.63) is 34.6 Å². The number of fused-ring (bicyclic) bond motifs is 1. The lowest BCUT2D eigenvalue weighted by Gasteiger charge is -2.26. The van der Waals surface area contributed by atoms with Crippen LogP contribution in [0.2, 0.25) is 0 Å². The summed E-state index contributed by atoms with van der Waals surface area (Å²) in [5, 5.41) is 9.13. The van der Waals surface area contributed by atoms with Crippen molar-refractivity contribution >= 4 is 6.09 Å². The molecule has 1 aliphatic heterocycles. The zero-order valence-corrected chi connectivity index (χ0v) is 12.8. The highest BCUT2D eigenvalue weighted by atomic mass is 19.1. The summed E-state index contributed by atoms with van der Waals surface area (Å²) < 4.78 is 19.6. The average Bonchev–Trinajstić information content (AvgIpc) is 2.60. The predicted octanol–water partition coefficient (Wildman–Crippen LogP) is 2.65. The topological polar surface area (TPSA) is 49.8 Å². The van der Waals surface area contributed by atoms with Gasteiger partial charge in [0.15, 0.2) is 0 Å². The lowest BCUT2D eigenvalue weighted by atomic mass is 9.99. The zero-order chi connectivity index (χ0) is 15.6. The number of aliphatic hydroxyl groups excluding tert-OH is 1. The predicted molar refractivity (Wildman–Crippen MR) is 77.5 cm³/mol. The number of hydrogen-bond donors (Lipinski definition) is 1. The van der Waals surface area contributed by atoms with Crippen molar-refractivity contribution < 1.29 is 19.0 Å². The molecule has 1 heterocycles. The fourth-order valence-electron chi connectivity index (χ4n) is 2.46. The first kappa shape index (κ1) is 15.8. The monoisotopic (exact) mass is 295 g/mol. The summed E-state index contributed by atoms with van der Waals surface area (Å²) in [7, 11) is 0. The number of aliphatic hydroxyl groups is 1. The first-order chi connectivity index (χ1) is 9.81. The van der Waals surface area contributed by atoms with E-state index >= 15 is 0 Å². The number of carbonyl (C=O) groups excluding carboxylic acids is 1. The van der Waals surface area contributed by atoms with E-state index in [9.17, 15) is 9.18 Å². The van der Waals surface area contributed by atoms with Crippen molar-refractivity contribution in [1.29, 1.82) is 0 Å². The van der Waals surface area contributed by atoms with Gasteiger partial charge in [-0.05, 0) is 44.7 Å². The maximum Gasteiger partial charge on any atom is 0.410 e. The second kappa shape index (κ2) is 6.02. The molecule has 2 rings (SSSR count). The van der Waals surface area contributed by atoms with Crippen LogP contribution in [-0.2, 0) is 24.2 Å². The van der Waals surface area contributed by atoms with Gasteiger partial charge < -0.3 is 14.7 Å². The molecule has 0 spiro atoms. The third-order valence-corrected chi connectivity index (χ3v) is 3.53. The van der Waals surface area contributed by atoms with Crippen LogP contribution in [0.3, 0.4) is 0 Å². The van der Waals surface area contributed by atoms with E-state index in [1.165, 1.54) is 0 Å². The van der Waals surface area contributed by atoms with Gasteiger partial charge in [-0.2, -0.15) is 0 Å². The quantitative estimate of drug-likeness (QED) is 0.866. The Morgan fingerprint density at radius 1 is 1.33 bits per heavy atom. The van der Waals surface area contributed by atoms with Crippen molar-refractivity contribution in [2.45, 2.75) is 45.8 Å². The average molecular weight is 295 g/mol. The summed E-state index contributed by atoms with van der Waals surface area (Å²) >= 11 is 0. The Bertz CT molecular complexity index is 537. The number of benzene rings is 1. The first-order valence-corrected chi connectivity index (χ1v) is 7.19. The number of amides is 1. The standard InChI is InChI=1S/C16H22FNO3/c1-16(2,3)21-15(20)18-8-6-11-4-5-12(10-19)14(17)13(11)7-9-18/h4-5,19H,6-10H2,1-3H3. The van der Waals surface area contributed by atoms with Gasteiger partial charge in [-0.25, -0.2) is 9.18 Å². The number of ether oxygens (including phenoxy) is 1. The first-order valence-electron chi connectivity index (χ1n) is 7.19. The molecule has 1 aromatic rings. The van der Waals surface area contributed by atoms with Gasteiger partial charge in [0.2, 0.25) is 0 Å². The van der Waals surface area contributed by atoms with Crippen LogP contribution in [0.4, 0.5) is 9.18 Å². The van der Waals surface area contributed by atoms with Crippen LogP contribution in [0, 0.1) is 5.82 Å². The third-order valence-electron chi connectivity index (χ3n) is 3.53. The van der Waals surface area contributed by atoms with Gasteiger partial charge in [0.05, 0.1) is 6.61 Å². The van der Waals surface area contributed by atoms with Crippen molar-refractivity contribution in [2.24, 2.45) is 0 Å². The van der Waals surface area contributed by atoms with E-state index in [0.29, 0.717) is 37.1 Å². The Morgan fingerprint density at radius 3 is 2.62 bits per heavy atom. The van der Waals surface area contributed by atoms with Crippen molar-refractivity contribution in [3.8, 4) is 0 Å². The van der Waals surface area contributed by atoms with E-state index in [4.69, 9.17) is 9.84 Å². The SMILES string of the molecule is CC(C)(C)OC(=O)N1CCc2ccc(CO)c(F)c2CC1. The van der Waals surface area contributed by atoms with E-state index in [0.717, 1.165) is 5.56 Å². The lowest BCUT2D eigenvalue weighted by Crippen LogP contribution is -2.38. The maximum absolute atomic E-state index is 14.2. The minimum Gasteiger partial charge on any atom is -0.444 e. The van der Waals surface area contributed by atoms with Crippen molar-refractivity contribution in [2.75, 3.05) is 13.1 Å². The molecule has 0 bridgehead atoms. The van der Waals surface area contributed by atoms with Crippen LogP contribution in [0.25, 0.3) is 0 Å². The fraction of sp³-hybridized carbons (Fsp3) is 0.562. The molecule has 21 heavy (non-hydrogen) atoms. The van der Waals surface area contributed by atoms with Gasteiger partial charge in [0.25, 0.3) is 0 Å². The van der Waals surface area contributed by atoms with E-state index in [1.54, 1.807) is 11.0 Å². The summed E-state index contributed by atoms with van der Waals surface area (Å²) in [4.78, 5) is 13.7. The Hall–Kier alpha value is -1.62. The Balaban J connectivity index is 2.14. The molecule has 5 heteroatoms. The van der Waals surface area contributed by atoms with E-state index in [1.807, 2.05) is 26.8 Å². The second-order valence-electron chi connectivity index (χ2n) is 6.30. The number of rotatable bonds is 1. The molecule has 1 amide bonds. The van der Waals surface area contributed by atoms with Crippen LogP contribution in [-0.4, -0.2) is 34.8 Å². The molecule has 4 nitrogen and oxygen atoms in total. The minimum atomic E-state index is -0.536. The van der Waals surface area contributed by atoms with Crippen molar-refractivity contribution in [3.63, 3.8) is 0 Å². The number of halogens is 1. The summed E-state index contributed by atoms with van der Waals surface area (Å²) in [6.45, 7) is 6.10. The molecule has 0 saturated heterocycles. The number of nitrogens with zero attached hydrogens (tertiary/aromatic N) is 1.